The zero-order valence-corrected chi connectivity index (χ0v) is 10.4. The lowest BCUT2D eigenvalue weighted by atomic mass is 10.0. The molecule has 0 radical (unpaired) electrons. The van der Waals surface area contributed by atoms with Gasteiger partial charge in [0.05, 0.1) is 5.69 Å². The van der Waals surface area contributed by atoms with Crippen molar-refractivity contribution in [3.05, 3.63) is 30.4 Å². The van der Waals surface area contributed by atoms with Crippen molar-refractivity contribution < 1.29 is 18.1 Å². The van der Waals surface area contributed by atoms with E-state index in [2.05, 4.69) is 25.8 Å². The molecule has 0 saturated heterocycles. The molecule has 17 heavy (non-hydrogen) atoms. The predicted molar refractivity (Wildman–Crippen MR) is 69.7 cm³/mol. The molecule has 0 saturated carbocycles. The predicted octanol–water partition coefficient (Wildman–Crippen LogP) is 1.98. The average molecular weight is 273 g/mol. The third kappa shape index (κ3) is 2.46. The first-order chi connectivity index (χ1) is 7.70. The van der Waals surface area contributed by atoms with Crippen molar-refractivity contribution in [2.75, 3.05) is 5.73 Å². The van der Waals surface area contributed by atoms with Crippen LogP contribution in [0.5, 0.6) is 0 Å². The Morgan fingerprint density at radius 1 is 1.53 bits per heavy atom. The molecule has 7 heteroatoms. The van der Waals surface area contributed by atoms with E-state index in [-0.39, 0.29) is 21.7 Å². The number of anilines is 1. The molecule has 0 aliphatic carbocycles. The van der Waals surface area contributed by atoms with Crippen LogP contribution in [0.3, 0.4) is 0 Å². The minimum atomic E-state index is -4.47. The molecule has 0 atom stereocenters. The lowest BCUT2D eigenvalue weighted by Gasteiger charge is -2.13. The van der Waals surface area contributed by atoms with Crippen LogP contribution in [-0.4, -0.2) is 18.1 Å². The molecule has 0 aliphatic rings. The number of thiol groups is 1. The molecule has 5 nitrogen and oxygen atoms in total. The van der Waals surface area contributed by atoms with E-state index >= 15 is 0 Å². The number of hydrogen-bond donors (Lipinski definition) is 4. The van der Waals surface area contributed by atoms with E-state index in [9.17, 15) is 13.5 Å². The molecular formula is C10H11NO4S2. The summed E-state index contributed by atoms with van der Waals surface area (Å²) in [5.41, 5.74) is 5.68. The van der Waals surface area contributed by atoms with Gasteiger partial charge in [-0.1, -0.05) is 19.2 Å². The van der Waals surface area contributed by atoms with Crippen LogP contribution in [-0.2, 0) is 10.1 Å². The molecule has 1 aromatic rings. The van der Waals surface area contributed by atoms with Crippen molar-refractivity contribution in [3.63, 3.8) is 0 Å². The summed E-state index contributed by atoms with van der Waals surface area (Å²) in [7, 11) is -4.47. The average Bonchev–Trinajstić information content (AvgIpc) is 2.18. The van der Waals surface area contributed by atoms with Crippen LogP contribution in [0.15, 0.2) is 29.0 Å². The van der Waals surface area contributed by atoms with Gasteiger partial charge in [0.2, 0.25) is 0 Å². The summed E-state index contributed by atoms with van der Waals surface area (Å²) >= 11 is 3.96. The zero-order chi connectivity index (χ0) is 13.4. The summed E-state index contributed by atoms with van der Waals surface area (Å²) < 4.78 is 31.4. The first-order valence-corrected chi connectivity index (χ1v) is 6.22. The van der Waals surface area contributed by atoms with E-state index in [0.717, 1.165) is 12.1 Å². The molecule has 0 spiro atoms. The van der Waals surface area contributed by atoms with E-state index in [0.29, 0.717) is 0 Å². The second-order valence-electron chi connectivity index (χ2n) is 3.22. The molecule has 0 fully saturated rings. The van der Waals surface area contributed by atoms with E-state index in [1.165, 1.54) is 0 Å². The van der Waals surface area contributed by atoms with Gasteiger partial charge in [0.15, 0.2) is 0 Å². The molecule has 0 aromatic heterocycles. The first-order valence-electron chi connectivity index (χ1n) is 4.33. The fourth-order valence-electron chi connectivity index (χ4n) is 1.40. The van der Waals surface area contributed by atoms with E-state index in [4.69, 9.17) is 10.3 Å². The van der Waals surface area contributed by atoms with E-state index in [1.54, 1.807) is 0 Å². The van der Waals surface area contributed by atoms with E-state index in [1.807, 2.05) is 0 Å². The monoisotopic (exact) mass is 273 g/mol. The normalized spacial score (nSPS) is 11.2. The quantitative estimate of drug-likeness (QED) is 0.292. The molecule has 0 aliphatic heterocycles. The van der Waals surface area contributed by atoms with Gasteiger partial charge >= 0.3 is 0 Å². The largest absolute Gasteiger partial charge is 0.508 e. The lowest BCUT2D eigenvalue weighted by Crippen LogP contribution is -2.07. The molecule has 1 aromatic carbocycles. The molecule has 0 bridgehead atoms. The highest BCUT2D eigenvalue weighted by molar-refractivity contribution is 7.86. The van der Waals surface area contributed by atoms with Gasteiger partial charge in [-0.15, -0.1) is 12.6 Å². The minimum absolute atomic E-state index is 0.0138. The third-order valence-electron chi connectivity index (χ3n) is 2.12. The topological polar surface area (TPSA) is 101 Å². The van der Waals surface area contributed by atoms with Crippen LogP contribution in [0.1, 0.15) is 11.1 Å². The van der Waals surface area contributed by atoms with Gasteiger partial charge in [-0.25, -0.2) is 0 Å². The van der Waals surface area contributed by atoms with Gasteiger partial charge in [-0.05, 0) is 6.07 Å². The molecule has 0 amide bonds. The Hall–Kier alpha value is -1.44. The third-order valence-corrected chi connectivity index (χ3v) is 3.38. The van der Waals surface area contributed by atoms with Crippen LogP contribution >= 0.6 is 12.6 Å². The second kappa shape index (κ2) is 4.44. The number of nitrogens with two attached hydrogens (primary N) is 1. The van der Waals surface area contributed by atoms with Crippen molar-refractivity contribution >= 4 is 40.3 Å². The van der Waals surface area contributed by atoms with Gasteiger partial charge < -0.3 is 10.8 Å². The Morgan fingerprint density at radius 3 is 2.41 bits per heavy atom. The van der Waals surface area contributed by atoms with Crippen LogP contribution in [0.2, 0.25) is 0 Å². The number of aliphatic hydroxyl groups excluding tert-OH is 1. The van der Waals surface area contributed by atoms with Gasteiger partial charge in [-0.2, -0.15) is 8.42 Å². The number of hydrogen-bond acceptors (Lipinski definition) is 5. The van der Waals surface area contributed by atoms with Crippen molar-refractivity contribution in [1.29, 1.82) is 0 Å². The molecule has 4 N–H and O–H groups in total. The van der Waals surface area contributed by atoms with Crippen LogP contribution in [0.4, 0.5) is 5.69 Å². The Kier molecular flexibility index (Phi) is 3.56. The summed E-state index contributed by atoms with van der Waals surface area (Å²) in [6.45, 7) is 6.69. The highest BCUT2D eigenvalue weighted by atomic mass is 32.2. The van der Waals surface area contributed by atoms with Crippen LogP contribution < -0.4 is 5.73 Å². The molecular weight excluding hydrogens is 262 g/mol. The number of aliphatic hydroxyl groups is 1. The van der Waals surface area contributed by atoms with Crippen LogP contribution in [0, 0.1) is 0 Å². The van der Waals surface area contributed by atoms with Gasteiger partial charge in [0.25, 0.3) is 10.1 Å². The highest BCUT2D eigenvalue weighted by Gasteiger charge is 2.22. The Balaban J connectivity index is 3.90. The van der Waals surface area contributed by atoms with Gasteiger partial charge in [-0.3, -0.25) is 4.55 Å². The minimum Gasteiger partial charge on any atom is -0.508 e. The number of nitrogen functional groups attached to an aromatic ring is 1. The SMILES string of the molecule is C=Cc1c(S(=O)(=O)O)cc(S)c(N)c1C(=C)O. The number of rotatable bonds is 3. The Morgan fingerprint density at radius 2 is 2.06 bits per heavy atom. The Labute approximate surface area is 104 Å². The smallest absolute Gasteiger partial charge is 0.295 e. The number of benzene rings is 1. The molecule has 92 valence electrons. The molecule has 0 unspecified atom stereocenters. The second-order valence-corrected chi connectivity index (χ2v) is 5.09. The highest BCUT2D eigenvalue weighted by Crippen LogP contribution is 2.34. The fourth-order valence-corrected chi connectivity index (χ4v) is 2.46. The van der Waals surface area contributed by atoms with Crippen molar-refractivity contribution in [2.45, 2.75) is 9.79 Å². The fraction of sp³-hybridized carbons (Fsp3) is 0. The summed E-state index contributed by atoms with van der Waals surface area (Å²) in [6.07, 6.45) is 1.16. The molecule has 0 heterocycles. The standard InChI is InChI=1S/C10H11NO4S2/c1-3-6-8(17(13,14)15)4-7(16)10(11)9(6)5(2)12/h3-4,12,16H,1-2,11H2,(H,13,14,15). The zero-order valence-electron chi connectivity index (χ0n) is 8.71. The van der Waals surface area contributed by atoms with Crippen LogP contribution in [0.25, 0.3) is 11.8 Å². The maximum atomic E-state index is 11.2. The Bertz CT molecular complexity index is 605. The summed E-state index contributed by atoms with van der Waals surface area (Å²) in [4.78, 5) is -0.328. The first kappa shape index (κ1) is 13.6. The molecule has 1 rings (SSSR count). The van der Waals surface area contributed by atoms with Gasteiger partial charge in [0, 0.05) is 16.0 Å². The van der Waals surface area contributed by atoms with Gasteiger partial charge in [0.1, 0.15) is 10.7 Å². The maximum absolute atomic E-state index is 11.2. The van der Waals surface area contributed by atoms with Crippen molar-refractivity contribution in [1.82, 2.24) is 0 Å². The maximum Gasteiger partial charge on any atom is 0.295 e. The summed E-state index contributed by atoms with van der Waals surface area (Å²) in [5, 5.41) is 9.40. The van der Waals surface area contributed by atoms with E-state index < -0.39 is 20.8 Å². The van der Waals surface area contributed by atoms with Crippen molar-refractivity contribution in [3.8, 4) is 0 Å². The summed E-state index contributed by atoms with van der Waals surface area (Å²) in [5.74, 6) is -0.432. The van der Waals surface area contributed by atoms with Crippen molar-refractivity contribution in [2.24, 2.45) is 0 Å². The summed E-state index contributed by atoms with van der Waals surface area (Å²) in [6, 6.07) is 1.08. The lowest BCUT2D eigenvalue weighted by molar-refractivity contribution is 0.482.